The van der Waals surface area contributed by atoms with E-state index < -0.39 is 6.04 Å². The van der Waals surface area contributed by atoms with Gasteiger partial charge in [0.2, 0.25) is 11.8 Å². The van der Waals surface area contributed by atoms with Gasteiger partial charge in [0, 0.05) is 5.02 Å². The number of carbonyl (C=O) groups is 2. The Balaban J connectivity index is 1.63. The number of halogens is 2. The first-order chi connectivity index (χ1) is 13.5. The molecule has 0 aliphatic carbocycles. The van der Waals surface area contributed by atoms with E-state index in [0.29, 0.717) is 40.1 Å². The molecule has 148 valence electrons. The smallest absolute Gasteiger partial charge is 0.241 e. The van der Waals surface area contributed by atoms with E-state index in [0.717, 1.165) is 6.42 Å². The molecule has 0 aromatic heterocycles. The van der Waals surface area contributed by atoms with Gasteiger partial charge >= 0.3 is 0 Å². The van der Waals surface area contributed by atoms with Gasteiger partial charge in [0.05, 0.1) is 36.1 Å². The summed E-state index contributed by atoms with van der Waals surface area (Å²) in [5.74, 6) is 0.180. The number of hydrogen-bond donors (Lipinski definition) is 2. The largest absolute Gasteiger partial charge is 0.495 e. The summed E-state index contributed by atoms with van der Waals surface area (Å²) in [6.07, 6.45) is 1.51. The Kier molecular flexibility index (Phi) is 6.78. The van der Waals surface area contributed by atoms with Crippen LogP contribution in [0.25, 0.3) is 0 Å². The van der Waals surface area contributed by atoms with E-state index in [1.807, 2.05) is 17.0 Å². The van der Waals surface area contributed by atoms with Crippen molar-refractivity contribution in [3.8, 4) is 5.75 Å². The summed E-state index contributed by atoms with van der Waals surface area (Å²) >= 11 is 12.1. The van der Waals surface area contributed by atoms with Crippen molar-refractivity contribution in [1.29, 1.82) is 0 Å². The predicted octanol–water partition coefficient (Wildman–Crippen LogP) is 4.04. The van der Waals surface area contributed by atoms with Crippen molar-refractivity contribution >= 4 is 46.4 Å². The fourth-order valence-electron chi connectivity index (χ4n) is 3.24. The lowest BCUT2D eigenvalue weighted by Gasteiger charge is -2.23. The second kappa shape index (κ2) is 9.28. The van der Waals surface area contributed by atoms with Crippen molar-refractivity contribution in [1.82, 2.24) is 4.90 Å². The monoisotopic (exact) mass is 421 g/mol. The van der Waals surface area contributed by atoms with E-state index in [1.54, 1.807) is 37.4 Å². The molecule has 1 aliphatic rings. The molecule has 0 radical (unpaired) electrons. The maximum absolute atomic E-state index is 12.7. The van der Waals surface area contributed by atoms with Crippen molar-refractivity contribution in [3.63, 3.8) is 0 Å². The Bertz CT molecular complexity index is 876. The average Bonchev–Trinajstić information content (AvgIpc) is 3.13. The molecular weight excluding hydrogens is 401 g/mol. The maximum Gasteiger partial charge on any atom is 0.241 e. The van der Waals surface area contributed by atoms with Gasteiger partial charge in [0.15, 0.2) is 0 Å². The van der Waals surface area contributed by atoms with E-state index >= 15 is 0 Å². The SMILES string of the molecule is COc1ccccc1NC(=O)CN1CCC[C@H]1C(=O)Nc1cc(Cl)ccc1Cl. The van der Waals surface area contributed by atoms with E-state index in [-0.39, 0.29) is 18.4 Å². The minimum atomic E-state index is -0.404. The van der Waals surface area contributed by atoms with Crippen LogP contribution < -0.4 is 15.4 Å². The van der Waals surface area contributed by atoms with Gasteiger partial charge in [-0.05, 0) is 49.7 Å². The molecule has 2 amide bonds. The number of hydrogen-bond acceptors (Lipinski definition) is 4. The molecule has 1 heterocycles. The van der Waals surface area contributed by atoms with Crippen LogP contribution in [-0.4, -0.2) is 43.0 Å². The zero-order valence-corrected chi connectivity index (χ0v) is 16.9. The zero-order chi connectivity index (χ0) is 20.1. The Labute approximate surface area is 173 Å². The van der Waals surface area contributed by atoms with Gasteiger partial charge in [-0.15, -0.1) is 0 Å². The first-order valence-electron chi connectivity index (χ1n) is 8.91. The molecule has 3 rings (SSSR count). The van der Waals surface area contributed by atoms with E-state index in [1.165, 1.54) is 0 Å². The fraction of sp³-hybridized carbons (Fsp3) is 0.300. The Hall–Kier alpha value is -2.28. The first-order valence-corrected chi connectivity index (χ1v) is 9.66. The van der Waals surface area contributed by atoms with Gasteiger partial charge in [-0.2, -0.15) is 0 Å². The summed E-state index contributed by atoms with van der Waals surface area (Å²) < 4.78 is 5.25. The van der Waals surface area contributed by atoms with Crippen molar-refractivity contribution < 1.29 is 14.3 Å². The molecule has 8 heteroatoms. The fourth-order valence-corrected chi connectivity index (χ4v) is 3.58. The lowest BCUT2D eigenvalue weighted by Crippen LogP contribution is -2.43. The third kappa shape index (κ3) is 4.95. The molecule has 1 fully saturated rings. The summed E-state index contributed by atoms with van der Waals surface area (Å²) in [6.45, 7) is 0.778. The summed E-state index contributed by atoms with van der Waals surface area (Å²) in [4.78, 5) is 27.1. The van der Waals surface area contributed by atoms with E-state index in [2.05, 4.69) is 10.6 Å². The number of para-hydroxylation sites is 2. The van der Waals surface area contributed by atoms with Crippen LogP contribution >= 0.6 is 23.2 Å². The van der Waals surface area contributed by atoms with Crippen molar-refractivity contribution in [2.24, 2.45) is 0 Å². The molecule has 28 heavy (non-hydrogen) atoms. The van der Waals surface area contributed by atoms with Crippen LogP contribution in [0, 0.1) is 0 Å². The number of rotatable bonds is 6. The summed E-state index contributed by atoms with van der Waals surface area (Å²) in [6, 6.07) is 11.7. The van der Waals surface area contributed by atoms with Crippen LogP contribution in [0.1, 0.15) is 12.8 Å². The average molecular weight is 422 g/mol. The lowest BCUT2D eigenvalue weighted by atomic mass is 10.2. The normalized spacial score (nSPS) is 16.6. The second-order valence-electron chi connectivity index (χ2n) is 6.49. The van der Waals surface area contributed by atoms with Crippen LogP contribution in [-0.2, 0) is 9.59 Å². The molecule has 0 saturated carbocycles. The summed E-state index contributed by atoms with van der Waals surface area (Å²) in [5.41, 5.74) is 1.06. The quantitative estimate of drug-likeness (QED) is 0.737. The molecule has 2 aromatic carbocycles. The van der Waals surface area contributed by atoms with Crippen molar-refractivity contribution in [2.45, 2.75) is 18.9 Å². The Morgan fingerprint density at radius 3 is 2.71 bits per heavy atom. The van der Waals surface area contributed by atoms with Crippen LogP contribution in [0.15, 0.2) is 42.5 Å². The lowest BCUT2D eigenvalue weighted by molar-refractivity contribution is -0.122. The van der Waals surface area contributed by atoms with Crippen LogP contribution in [0.4, 0.5) is 11.4 Å². The second-order valence-corrected chi connectivity index (χ2v) is 7.33. The van der Waals surface area contributed by atoms with Crippen LogP contribution in [0.5, 0.6) is 5.75 Å². The summed E-state index contributed by atoms with van der Waals surface area (Å²) in [7, 11) is 1.55. The number of carbonyl (C=O) groups excluding carboxylic acids is 2. The molecule has 1 saturated heterocycles. The zero-order valence-electron chi connectivity index (χ0n) is 15.4. The van der Waals surface area contributed by atoms with Gasteiger partial charge in [0.25, 0.3) is 0 Å². The molecule has 6 nitrogen and oxygen atoms in total. The van der Waals surface area contributed by atoms with Gasteiger partial charge in [0.1, 0.15) is 5.75 Å². The predicted molar refractivity (Wildman–Crippen MR) is 111 cm³/mol. The number of anilines is 2. The number of amides is 2. The van der Waals surface area contributed by atoms with E-state index in [4.69, 9.17) is 27.9 Å². The first kappa shape index (κ1) is 20.5. The maximum atomic E-state index is 12.7. The van der Waals surface area contributed by atoms with Crippen molar-refractivity contribution in [3.05, 3.63) is 52.5 Å². The molecule has 1 aliphatic heterocycles. The van der Waals surface area contributed by atoms with E-state index in [9.17, 15) is 9.59 Å². The highest BCUT2D eigenvalue weighted by atomic mass is 35.5. The van der Waals surface area contributed by atoms with Crippen LogP contribution in [0.2, 0.25) is 10.0 Å². The standard InChI is InChI=1S/C20H21Cl2N3O3/c1-28-18-7-3-2-5-15(18)23-19(26)12-25-10-4-6-17(25)20(27)24-16-11-13(21)8-9-14(16)22/h2-3,5,7-9,11,17H,4,6,10,12H2,1H3,(H,23,26)(H,24,27)/t17-/m0/s1. The molecule has 0 spiro atoms. The topological polar surface area (TPSA) is 70.7 Å². The highest BCUT2D eigenvalue weighted by molar-refractivity contribution is 6.35. The number of ether oxygens (including phenoxy) is 1. The van der Waals surface area contributed by atoms with Gasteiger partial charge in [-0.1, -0.05) is 35.3 Å². The van der Waals surface area contributed by atoms with Gasteiger partial charge in [-0.25, -0.2) is 0 Å². The molecule has 0 unspecified atom stereocenters. The van der Waals surface area contributed by atoms with Crippen LogP contribution in [0.3, 0.4) is 0 Å². The number of likely N-dealkylation sites (tertiary alicyclic amines) is 1. The molecule has 2 N–H and O–H groups in total. The minimum Gasteiger partial charge on any atom is -0.495 e. The van der Waals surface area contributed by atoms with Gasteiger partial charge in [-0.3, -0.25) is 14.5 Å². The highest BCUT2D eigenvalue weighted by Gasteiger charge is 2.32. The Morgan fingerprint density at radius 1 is 1.14 bits per heavy atom. The number of benzene rings is 2. The third-order valence-corrected chi connectivity index (χ3v) is 5.15. The summed E-state index contributed by atoms with van der Waals surface area (Å²) in [5, 5.41) is 6.55. The van der Waals surface area contributed by atoms with Gasteiger partial charge < -0.3 is 15.4 Å². The third-order valence-electron chi connectivity index (χ3n) is 4.58. The Morgan fingerprint density at radius 2 is 1.93 bits per heavy atom. The molecular formula is C20H21Cl2N3O3. The molecule has 2 aromatic rings. The number of nitrogens with one attached hydrogen (secondary N) is 2. The minimum absolute atomic E-state index is 0.111. The molecule has 1 atom stereocenters. The number of nitrogens with zero attached hydrogens (tertiary/aromatic N) is 1. The highest BCUT2D eigenvalue weighted by Crippen LogP contribution is 2.27. The van der Waals surface area contributed by atoms with Crippen molar-refractivity contribution in [2.75, 3.05) is 30.8 Å². The molecule has 0 bridgehead atoms. The number of methoxy groups -OCH3 is 1.